The van der Waals surface area contributed by atoms with Gasteiger partial charge in [-0.2, -0.15) is 9.97 Å². The lowest BCUT2D eigenvalue weighted by molar-refractivity contribution is 0.670. The Hall–Kier alpha value is -7.63. The lowest BCUT2D eigenvalue weighted by atomic mass is 9.98. The highest BCUT2D eigenvalue weighted by molar-refractivity contribution is 6.23. The summed E-state index contributed by atoms with van der Waals surface area (Å²) in [5, 5.41) is 11.4. The third kappa shape index (κ3) is 4.64. The second kappa shape index (κ2) is 11.9. The molecule has 12 aromatic rings. The second-order valence-electron chi connectivity index (χ2n) is 14.4. The number of benzene rings is 9. The molecule has 3 aromatic heterocycles. The summed E-state index contributed by atoms with van der Waals surface area (Å²) in [5.74, 6) is 1.77. The van der Waals surface area contributed by atoms with Crippen LogP contribution in [0.15, 0.2) is 186 Å². The van der Waals surface area contributed by atoms with Crippen LogP contribution in [0, 0.1) is 0 Å². The van der Waals surface area contributed by atoms with E-state index in [1.54, 1.807) is 0 Å². The van der Waals surface area contributed by atoms with Crippen LogP contribution in [0.5, 0.6) is 0 Å². The summed E-state index contributed by atoms with van der Waals surface area (Å²) in [6, 6.07) is 63.9. The normalized spacial score (nSPS) is 11.9. The number of nitrogens with zero attached hydrogens (tertiary/aromatic N) is 4. The summed E-state index contributed by atoms with van der Waals surface area (Å²) in [6.45, 7) is 0. The van der Waals surface area contributed by atoms with Crippen molar-refractivity contribution in [1.29, 1.82) is 0 Å². The quantitative estimate of drug-likeness (QED) is 0.182. The molecule has 0 aliphatic heterocycles. The van der Waals surface area contributed by atoms with Crippen molar-refractivity contribution in [3.8, 4) is 39.9 Å². The van der Waals surface area contributed by atoms with Crippen molar-refractivity contribution in [2.75, 3.05) is 0 Å². The zero-order valence-corrected chi connectivity index (χ0v) is 30.0. The highest BCUT2D eigenvalue weighted by Gasteiger charge is 2.23. The Labute approximate surface area is 320 Å². The minimum absolute atomic E-state index is 0.549. The molecule has 0 unspecified atom stereocenters. The Morgan fingerprint density at radius 3 is 1.84 bits per heavy atom. The average Bonchev–Trinajstić information content (AvgIpc) is 3.81. The van der Waals surface area contributed by atoms with Gasteiger partial charge in [-0.25, -0.2) is 4.98 Å². The summed E-state index contributed by atoms with van der Waals surface area (Å²) in [7, 11) is 0. The molecule has 0 radical (unpaired) electrons. The fourth-order valence-corrected chi connectivity index (χ4v) is 8.60. The molecule has 260 valence electrons. The summed E-state index contributed by atoms with van der Waals surface area (Å²) in [4.78, 5) is 15.8. The van der Waals surface area contributed by atoms with Gasteiger partial charge in [0.05, 0.1) is 11.0 Å². The van der Waals surface area contributed by atoms with Crippen molar-refractivity contribution < 1.29 is 4.42 Å². The first kappa shape index (κ1) is 30.8. The monoisotopic (exact) mass is 714 g/mol. The van der Waals surface area contributed by atoms with E-state index in [-0.39, 0.29) is 0 Å². The van der Waals surface area contributed by atoms with Crippen molar-refractivity contribution in [2.45, 2.75) is 0 Å². The van der Waals surface area contributed by atoms with Gasteiger partial charge >= 0.3 is 0 Å². The lowest BCUT2D eigenvalue weighted by Crippen LogP contribution is -2.07. The van der Waals surface area contributed by atoms with Crippen LogP contribution in [0.4, 0.5) is 0 Å². The maximum Gasteiger partial charge on any atom is 0.238 e. The van der Waals surface area contributed by atoms with E-state index in [1.807, 2.05) is 18.2 Å². The van der Waals surface area contributed by atoms with E-state index in [9.17, 15) is 0 Å². The molecule has 0 spiro atoms. The molecule has 3 heterocycles. The first-order valence-electron chi connectivity index (χ1n) is 18.9. The number of aromatic nitrogens is 4. The molecule has 56 heavy (non-hydrogen) atoms. The highest BCUT2D eigenvalue weighted by atomic mass is 16.3. The molecule has 5 nitrogen and oxygen atoms in total. The number of rotatable bonds is 4. The van der Waals surface area contributed by atoms with E-state index in [4.69, 9.17) is 19.4 Å². The van der Waals surface area contributed by atoms with Gasteiger partial charge < -0.3 is 4.42 Å². The summed E-state index contributed by atoms with van der Waals surface area (Å²) < 4.78 is 9.05. The molecule has 9 aromatic carbocycles. The van der Waals surface area contributed by atoms with E-state index in [0.717, 1.165) is 76.8 Å². The maximum atomic E-state index is 6.82. The number of hydrogen-bond donors (Lipinski definition) is 0. The van der Waals surface area contributed by atoms with Crippen LogP contribution in [0.25, 0.3) is 116 Å². The minimum Gasteiger partial charge on any atom is -0.455 e. The minimum atomic E-state index is 0.549. The highest BCUT2D eigenvalue weighted by Crippen LogP contribution is 2.44. The van der Waals surface area contributed by atoms with Gasteiger partial charge in [0, 0.05) is 43.8 Å². The molecule has 12 rings (SSSR count). The summed E-state index contributed by atoms with van der Waals surface area (Å²) in [6.07, 6.45) is 0. The van der Waals surface area contributed by atoms with Gasteiger partial charge in [0.1, 0.15) is 11.2 Å². The summed E-state index contributed by atoms with van der Waals surface area (Å²) >= 11 is 0. The fourth-order valence-electron chi connectivity index (χ4n) is 8.60. The fraction of sp³-hybridized carbons (Fsp3) is 0. The Kier molecular flexibility index (Phi) is 6.56. The van der Waals surface area contributed by atoms with Crippen molar-refractivity contribution in [3.05, 3.63) is 182 Å². The Balaban J connectivity index is 1.20. The van der Waals surface area contributed by atoms with Gasteiger partial charge in [0.15, 0.2) is 11.6 Å². The van der Waals surface area contributed by atoms with Crippen LogP contribution < -0.4 is 0 Å². The predicted molar refractivity (Wildman–Crippen MR) is 230 cm³/mol. The first-order valence-corrected chi connectivity index (χ1v) is 18.9. The third-order valence-corrected chi connectivity index (χ3v) is 11.2. The molecule has 0 saturated carbocycles. The van der Waals surface area contributed by atoms with Crippen molar-refractivity contribution in [3.63, 3.8) is 0 Å². The maximum absolute atomic E-state index is 6.82. The van der Waals surface area contributed by atoms with E-state index in [1.165, 1.54) is 21.5 Å². The zero-order chi connectivity index (χ0) is 36.7. The van der Waals surface area contributed by atoms with E-state index in [2.05, 4.69) is 168 Å². The van der Waals surface area contributed by atoms with Crippen molar-refractivity contribution in [1.82, 2.24) is 19.5 Å². The largest absolute Gasteiger partial charge is 0.455 e. The number of furan rings is 1. The van der Waals surface area contributed by atoms with Crippen LogP contribution >= 0.6 is 0 Å². The molecule has 0 aliphatic rings. The third-order valence-electron chi connectivity index (χ3n) is 11.2. The Bertz CT molecular complexity index is 3540. The van der Waals surface area contributed by atoms with Gasteiger partial charge in [-0.05, 0) is 56.6 Å². The van der Waals surface area contributed by atoms with E-state index < -0.39 is 0 Å². The number of hydrogen-bond acceptors (Lipinski definition) is 4. The Morgan fingerprint density at radius 2 is 1.02 bits per heavy atom. The van der Waals surface area contributed by atoms with Crippen molar-refractivity contribution >= 4 is 76.1 Å². The van der Waals surface area contributed by atoms with Crippen LogP contribution in [-0.2, 0) is 0 Å². The topological polar surface area (TPSA) is 56.7 Å². The molecule has 0 fully saturated rings. The van der Waals surface area contributed by atoms with Crippen LogP contribution in [0.3, 0.4) is 0 Å². The molecular weight excluding hydrogens is 685 g/mol. The molecule has 0 N–H and O–H groups in total. The smallest absolute Gasteiger partial charge is 0.238 e. The number of para-hydroxylation sites is 2. The number of fused-ring (bicyclic) bond motifs is 10. The van der Waals surface area contributed by atoms with Gasteiger partial charge in [-0.3, -0.25) is 4.57 Å². The second-order valence-corrected chi connectivity index (χ2v) is 14.4. The Morgan fingerprint density at radius 1 is 0.393 bits per heavy atom. The van der Waals surface area contributed by atoms with Gasteiger partial charge in [0.2, 0.25) is 5.95 Å². The molecule has 0 aliphatic carbocycles. The van der Waals surface area contributed by atoms with E-state index in [0.29, 0.717) is 17.6 Å². The van der Waals surface area contributed by atoms with E-state index >= 15 is 0 Å². The first-order chi connectivity index (χ1) is 27.7. The van der Waals surface area contributed by atoms with Crippen LogP contribution in [0.1, 0.15) is 0 Å². The van der Waals surface area contributed by atoms with Crippen LogP contribution in [-0.4, -0.2) is 19.5 Å². The molecule has 5 heteroatoms. The van der Waals surface area contributed by atoms with Crippen LogP contribution in [0.2, 0.25) is 0 Å². The SMILES string of the molecule is c1ccc(-c2nc(-c3ccc4ccccc4c3)nc(-n3c4cc5ccccc5cc4c4cccc(-c5cccc6c5oc5ccc7ccccc7c56)c43)n2)cc1. The zero-order valence-electron chi connectivity index (χ0n) is 30.0. The molecule has 0 bridgehead atoms. The van der Waals surface area contributed by atoms with Gasteiger partial charge in [0.25, 0.3) is 0 Å². The molecule has 0 amide bonds. The molecular formula is C51H30N4O. The van der Waals surface area contributed by atoms with Crippen molar-refractivity contribution in [2.24, 2.45) is 0 Å². The predicted octanol–water partition coefficient (Wildman–Crippen LogP) is 13.3. The average molecular weight is 715 g/mol. The molecule has 0 atom stereocenters. The lowest BCUT2D eigenvalue weighted by Gasteiger charge is -2.13. The standard InChI is InChI=1S/C51H30N4O/c1-2-14-33(15-3-1)49-52-50(37-25-24-31-12-4-5-16-34(31)28-37)54-51(53-49)55-44-30-36-18-7-6-17-35(36)29-43(44)40-21-10-20-39(47(40)55)41-22-11-23-42-46-38-19-9-8-13-32(38)26-27-45(46)56-48(41)42/h1-30H. The van der Waals surface area contributed by atoms with Gasteiger partial charge in [-0.15, -0.1) is 0 Å². The van der Waals surface area contributed by atoms with Gasteiger partial charge in [-0.1, -0.05) is 158 Å². The summed E-state index contributed by atoms with van der Waals surface area (Å²) in [5.41, 5.74) is 7.63. The molecule has 0 saturated heterocycles.